The number of carbonyl (C=O) groups excluding carboxylic acids is 4. The lowest BCUT2D eigenvalue weighted by atomic mass is 9.76. The number of rotatable bonds is 14. The van der Waals surface area contributed by atoms with Gasteiger partial charge in [0.15, 0.2) is 0 Å². The van der Waals surface area contributed by atoms with Crippen molar-refractivity contribution in [1.29, 1.82) is 0 Å². The smallest absolute Gasteiger partial charge is 0.410 e. The third kappa shape index (κ3) is 11.9. The zero-order valence-corrected chi connectivity index (χ0v) is 35.8. The summed E-state index contributed by atoms with van der Waals surface area (Å²) >= 11 is 0. The van der Waals surface area contributed by atoms with Gasteiger partial charge in [0.2, 0.25) is 21.8 Å². The standard InChI is InChI=1S/C42H63N5O7S/c1-27(2)32(25-28(3)35(48)45-55(52,53)26-29-19-21-31(22-20-29)42(43)23-24-42)46(12)37(50)33(39(4,5)6)44-36(49)34(47(13)38(51)54-40(7,8)9)41(10,11)30-17-15-14-16-18-30/h14-22,25,27,32-34H,23-24,26,43H2,1-13H3,(H,44,49)(H,45,48)/b28-25+. The first-order chi connectivity index (χ1) is 25.1. The number of nitrogens with two attached hydrogens (primary N) is 1. The van der Waals surface area contributed by atoms with Gasteiger partial charge in [0.25, 0.3) is 5.91 Å². The number of ether oxygens (including phenoxy) is 1. The molecule has 12 nitrogen and oxygen atoms in total. The summed E-state index contributed by atoms with van der Waals surface area (Å²) in [6, 6.07) is 13.6. The summed E-state index contributed by atoms with van der Waals surface area (Å²) in [5.74, 6) is -2.39. The summed E-state index contributed by atoms with van der Waals surface area (Å²) in [5.41, 5.74) is 5.76. The van der Waals surface area contributed by atoms with Crippen molar-refractivity contribution in [3.63, 3.8) is 0 Å². The van der Waals surface area contributed by atoms with Crippen molar-refractivity contribution >= 4 is 33.8 Å². The quantitative estimate of drug-likeness (QED) is 0.204. The molecule has 4 N–H and O–H groups in total. The minimum atomic E-state index is -4.05. The number of carbonyl (C=O) groups is 4. The minimum Gasteiger partial charge on any atom is -0.444 e. The second kappa shape index (κ2) is 16.9. The van der Waals surface area contributed by atoms with Crippen LogP contribution in [0.5, 0.6) is 0 Å². The number of likely N-dealkylation sites (N-methyl/N-ethyl adjacent to an activating group) is 2. The van der Waals surface area contributed by atoms with Crippen molar-refractivity contribution in [2.75, 3.05) is 14.1 Å². The van der Waals surface area contributed by atoms with E-state index in [9.17, 15) is 27.6 Å². The fourth-order valence-electron chi connectivity index (χ4n) is 6.59. The molecule has 3 atom stereocenters. The molecule has 1 aliphatic carbocycles. The van der Waals surface area contributed by atoms with Crippen LogP contribution in [0.4, 0.5) is 4.79 Å². The summed E-state index contributed by atoms with van der Waals surface area (Å²) in [4.78, 5) is 58.4. The fraction of sp³-hybridized carbons (Fsp3) is 0.571. The molecule has 2 aromatic rings. The first-order valence-electron chi connectivity index (χ1n) is 18.8. The normalized spacial score (nSPS) is 16.4. The highest BCUT2D eigenvalue weighted by atomic mass is 32.2. The largest absolute Gasteiger partial charge is 0.444 e. The summed E-state index contributed by atoms with van der Waals surface area (Å²) in [7, 11) is -0.951. The molecule has 0 heterocycles. The van der Waals surface area contributed by atoms with E-state index in [0.29, 0.717) is 5.56 Å². The molecule has 304 valence electrons. The van der Waals surface area contributed by atoms with E-state index in [-0.39, 0.29) is 17.0 Å². The van der Waals surface area contributed by atoms with Gasteiger partial charge in [-0.15, -0.1) is 0 Å². The van der Waals surface area contributed by atoms with Gasteiger partial charge >= 0.3 is 6.09 Å². The highest BCUT2D eigenvalue weighted by Crippen LogP contribution is 2.42. The molecule has 0 saturated heterocycles. The van der Waals surface area contributed by atoms with Crippen LogP contribution in [0.15, 0.2) is 66.2 Å². The van der Waals surface area contributed by atoms with Gasteiger partial charge in [0.1, 0.15) is 17.7 Å². The van der Waals surface area contributed by atoms with Gasteiger partial charge in [-0.3, -0.25) is 19.3 Å². The van der Waals surface area contributed by atoms with E-state index >= 15 is 0 Å². The van der Waals surface area contributed by atoms with Crippen molar-refractivity contribution in [3.8, 4) is 0 Å². The SMILES string of the molecule is C/C(=C\C(C(C)C)N(C)C(=O)C(NC(=O)C(N(C)C(=O)OC(C)(C)C)C(C)(C)c1ccccc1)C(C)(C)C)C(=O)NS(=O)(=O)Cc1ccc(C2(N)CC2)cc1. The Balaban J connectivity index is 1.87. The van der Waals surface area contributed by atoms with Crippen molar-refractivity contribution in [2.24, 2.45) is 17.1 Å². The Morgan fingerprint density at radius 3 is 1.91 bits per heavy atom. The molecule has 13 heteroatoms. The van der Waals surface area contributed by atoms with Gasteiger partial charge in [0, 0.05) is 30.6 Å². The lowest BCUT2D eigenvalue weighted by Crippen LogP contribution is -2.63. The maximum atomic E-state index is 14.5. The maximum Gasteiger partial charge on any atom is 0.410 e. The number of hydrogen-bond donors (Lipinski definition) is 3. The highest BCUT2D eigenvalue weighted by Gasteiger charge is 2.46. The zero-order chi connectivity index (χ0) is 41.9. The van der Waals surface area contributed by atoms with Crippen molar-refractivity contribution < 1.29 is 32.3 Å². The minimum absolute atomic E-state index is 0.107. The Morgan fingerprint density at radius 1 is 0.891 bits per heavy atom. The second-order valence-electron chi connectivity index (χ2n) is 18.0. The van der Waals surface area contributed by atoms with E-state index < -0.39 is 74.1 Å². The van der Waals surface area contributed by atoms with Gasteiger partial charge in [-0.05, 0) is 68.6 Å². The topological polar surface area (TPSA) is 168 Å². The Labute approximate surface area is 328 Å². The molecule has 3 rings (SSSR count). The van der Waals surface area contributed by atoms with Crippen molar-refractivity contribution in [1.82, 2.24) is 19.8 Å². The molecule has 55 heavy (non-hydrogen) atoms. The van der Waals surface area contributed by atoms with Gasteiger partial charge in [-0.25, -0.2) is 17.9 Å². The number of nitrogens with zero attached hydrogens (tertiary/aromatic N) is 2. The van der Waals surface area contributed by atoms with E-state index in [1.807, 2.05) is 90.9 Å². The van der Waals surface area contributed by atoms with Crippen LogP contribution in [0.25, 0.3) is 0 Å². The van der Waals surface area contributed by atoms with Gasteiger partial charge < -0.3 is 20.7 Å². The first-order valence-corrected chi connectivity index (χ1v) is 20.4. The Morgan fingerprint density at radius 2 is 1.44 bits per heavy atom. The molecule has 3 unspecified atom stereocenters. The number of sulfonamides is 1. The molecule has 0 radical (unpaired) electrons. The Kier molecular flexibility index (Phi) is 13.9. The van der Waals surface area contributed by atoms with E-state index in [4.69, 9.17) is 10.5 Å². The second-order valence-corrected chi connectivity index (χ2v) is 19.7. The third-order valence-corrected chi connectivity index (χ3v) is 11.3. The van der Waals surface area contributed by atoms with E-state index in [1.165, 1.54) is 23.8 Å². The van der Waals surface area contributed by atoms with Crippen LogP contribution in [-0.2, 0) is 45.9 Å². The van der Waals surface area contributed by atoms with Gasteiger partial charge in [0.05, 0.1) is 11.8 Å². The maximum absolute atomic E-state index is 14.5. The van der Waals surface area contributed by atoms with Crippen LogP contribution >= 0.6 is 0 Å². The fourth-order valence-corrected chi connectivity index (χ4v) is 7.74. The summed E-state index contributed by atoms with van der Waals surface area (Å²) in [5, 5.41) is 2.99. The molecule has 1 saturated carbocycles. The monoisotopic (exact) mass is 781 g/mol. The molecule has 0 spiro atoms. The Bertz CT molecular complexity index is 1840. The number of benzene rings is 2. The lowest BCUT2D eigenvalue weighted by molar-refractivity contribution is -0.141. The lowest BCUT2D eigenvalue weighted by Gasteiger charge is -2.42. The Hall–Kier alpha value is -4.23. The molecular weight excluding hydrogens is 719 g/mol. The van der Waals surface area contributed by atoms with E-state index in [2.05, 4.69) is 10.0 Å². The number of amides is 4. The van der Waals surface area contributed by atoms with Gasteiger partial charge in [-0.2, -0.15) is 0 Å². The number of hydrogen-bond acceptors (Lipinski definition) is 8. The van der Waals surface area contributed by atoms with Crippen LogP contribution in [0.3, 0.4) is 0 Å². The molecular formula is C42H63N5O7S. The van der Waals surface area contributed by atoms with Crippen LogP contribution in [0.1, 0.15) is 106 Å². The molecule has 2 aromatic carbocycles. The summed E-state index contributed by atoms with van der Waals surface area (Å²) < 4.78 is 33.9. The van der Waals surface area contributed by atoms with Crippen LogP contribution in [-0.4, -0.2) is 79.9 Å². The third-order valence-electron chi connectivity index (χ3n) is 10.1. The average Bonchev–Trinajstić information content (AvgIpc) is 3.82. The number of nitrogens with one attached hydrogen (secondary N) is 2. The molecule has 4 amide bonds. The molecule has 0 aromatic heterocycles. The molecule has 0 bridgehead atoms. The zero-order valence-electron chi connectivity index (χ0n) is 34.9. The van der Waals surface area contributed by atoms with E-state index in [0.717, 1.165) is 24.0 Å². The first kappa shape index (κ1) is 45.2. The predicted molar refractivity (Wildman–Crippen MR) is 216 cm³/mol. The van der Waals surface area contributed by atoms with Gasteiger partial charge in [-0.1, -0.05) is 109 Å². The highest BCUT2D eigenvalue weighted by molar-refractivity contribution is 7.89. The molecule has 1 aliphatic rings. The van der Waals surface area contributed by atoms with Crippen molar-refractivity contribution in [3.05, 3.63) is 82.9 Å². The van der Waals surface area contributed by atoms with Crippen LogP contribution in [0.2, 0.25) is 0 Å². The summed E-state index contributed by atoms with van der Waals surface area (Å²) in [6.07, 6.45) is 2.65. The van der Waals surface area contributed by atoms with Crippen LogP contribution in [0, 0.1) is 11.3 Å². The predicted octanol–water partition coefficient (Wildman–Crippen LogP) is 5.75. The molecule has 1 fully saturated rings. The average molecular weight is 782 g/mol. The van der Waals surface area contributed by atoms with Crippen molar-refractivity contribution in [2.45, 2.75) is 129 Å². The van der Waals surface area contributed by atoms with E-state index in [1.54, 1.807) is 46.0 Å². The van der Waals surface area contributed by atoms with Crippen LogP contribution < -0.4 is 15.8 Å². The molecule has 0 aliphatic heterocycles. The summed E-state index contributed by atoms with van der Waals surface area (Å²) in [6.45, 7) is 19.7.